The Kier molecular flexibility index (Phi) is 7.59. The number of nitriles is 1. The van der Waals surface area contributed by atoms with E-state index in [4.69, 9.17) is 14.7 Å². The van der Waals surface area contributed by atoms with Gasteiger partial charge in [0.1, 0.15) is 24.5 Å². The minimum absolute atomic E-state index is 0.153. The van der Waals surface area contributed by atoms with Crippen LogP contribution in [-0.2, 0) is 4.74 Å². The van der Waals surface area contributed by atoms with Crippen molar-refractivity contribution in [1.82, 2.24) is 5.32 Å². The van der Waals surface area contributed by atoms with E-state index in [1.165, 1.54) is 0 Å². The summed E-state index contributed by atoms with van der Waals surface area (Å²) in [7, 11) is 0. The number of hydrogen-bond acceptors (Lipinski definition) is 5. The fourth-order valence-electron chi connectivity index (χ4n) is 1.49. The number of para-hydroxylation sites is 1. The van der Waals surface area contributed by atoms with Crippen molar-refractivity contribution in [2.75, 3.05) is 32.9 Å². The van der Waals surface area contributed by atoms with Crippen LogP contribution in [0.4, 0.5) is 0 Å². The van der Waals surface area contributed by atoms with Gasteiger partial charge in [-0.15, -0.1) is 0 Å². The molecule has 0 radical (unpaired) electrons. The molecule has 2 N–H and O–H groups in total. The van der Waals surface area contributed by atoms with Crippen LogP contribution in [-0.4, -0.2) is 44.1 Å². The summed E-state index contributed by atoms with van der Waals surface area (Å²) in [5, 5.41) is 21.7. The molecule has 0 saturated heterocycles. The Labute approximate surface area is 113 Å². The van der Waals surface area contributed by atoms with Crippen molar-refractivity contribution in [3.05, 3.63) is 29.8 Å². The Morgan fingerprint density at radius 1 is 1.42 bits per heavy atom. The van der Waals surface area contributed by atoms with Crippen LogP contribution in [0.25, 0.3) is 0 Å². The lowest BCUT2D eigenvalue weighted by Crippen LogP contribution is -2.33. The zero-order chi connectivity index (χ0) is 13.9. The number of aliphatic hydroxyl groups excluding tert-OH is 1. The van der Waals surface area contributed by atoms with Crippen molar-refractivity contribution in [1.29, 1.82) is 5.26 Å². The highest BCUT2D eigenvalue weighted by Gasteiger charge is 2.07. The van der Waals surface area contributed by atoms with Crippen LogP contribution >= 0.6 is 0 Å². The summed E-state index contributed by atoms with van der Waals surface area (Å²) in [6, 6.07) is 9.01. The van der Waals surface area contributed by atoms with Gasteiger partial charge in [-0.25, -0.2) is 0 Å². The van der Waals surface area contributed by atoms with Crippen molar-refractivity contribution in [3.63, 3.8) is 0 Å². The molecule has 1 atom stereocenters. The van der Waals surface area contributed by atoms with E-state index in [2.05, 4.69) is 5.32 Å². The molecule has 0 aliphatic heterocycles. The molecule has 0 amide bonds. The molecule has 1 unspecified atom stereocenters. The molecule has 104 valence electrons. The summed E-state index contributed by atoms with van der Waals surface area (Å²) < 4.78 is 10.6. The van der Waals surface area contributed by atoms with Gasteiger partial charge in [0.2, 0.25) is 0 Å². The second-order valence-electron chi connectivity index (χ2n) is 3.97. The van der Waals surface area contributed by atoms with Crippen LogP contribution < -0.4 is 10.1 Å². The van der Waals surface area contributed by atoms with Gasteiger partial charge in [0, 0.05) is 19.7 Å². The second kappa shape index (κ2) is 9.34. The van der Waals surface area contributed by atoms with Gasteiger partial charge in [-0.2, -0.15) is 5.26 Å². The number of rotatable bonds is 9. The fourth-order valence-corrected chi connectivity index (χ4v) is 1.49. The molecule has 0 saturated carbocycles. The van der Waals surface area contributed by atoms with Gasteiger partial charge in [-0.05, 0) is 19.1 Å². The topological polar surface area (TPSA) is 74.5 Å². The Bertz CT molecular complexity index is 404. The molecule has 1 aromatic rings. The Morgan fingerprint density at radius 3 is 2.95 bits per heavy atom. The van der Waals surface area contributed by atoms with Gasteiger partial charge >= 0.3 is 0 Å². The molecule has 1 aromatic carbocycles. The van der Waals surface area contributed by atoms with Gasteiger partial charge in [0.25, 0.3) is 0 Å². The first-order chi connectivity index (χ1) is 9.27. The van der Waals surface area contributed by atoms with E-state index in [-0.39, 0.29) is 6.61 Å². The highest BCUT2D eigenvalue weighted by Crippen LogP contribution is 2.16. The van der Waals surface area contributed by atoms with Crippen LogP contribution in [0.5, 0.6) is 5.75 Å². The SMILES string of the molecule is CCOCCNCC(O)COc1ccccc1C#N. The quantitative estimate of drug-likeness (QED) is 0.649. The Hall–Kier alpha value is -1.61. The van der Waals surface area contributed by atoms with Gasteiger partial charge in [-0.3, -0.25) is 0 Å². The maximum absolute atomic E-state index is 9.72. The van der Waals surface area contributed by atoms with Crippen molar-refractivity contribution >= 4 is 0 Å². The third-order valence-corrected chi connectivity index (χ3v) is 2.45. The fraction of sp³-hybridized carbons (Fsp3) is 0.500. The molecule has 5 nitrogen and oxygen atoms in total. The number of nitrogens with zero attached hydrogens (tertiary/aromatic N) is 1. The lowest BCUT2D eigenvalue weighted by Gasteiger charge is -2.13. The van der Waals surface area contributed by atoms with Crippen molar-refractivity contribution in [2.45, 2.75) is 13.0 Å². The average molecular weight is 264 g/mol. The van der Waals surface area contributed by atoms with Crippen molar-refractivity contribution < 1.29 is 14.6 Å². The zero-order valence-corrected chi connectivity index (χ0v) is 11.1. The van der Waals surface area contributed by atoms with Crippen molar-refractivity contribution in [3.8, 4) is 11.8 Å². The summed E-state index contributed by atoms with van der Waals surface area (Å²) in [5.41, 5.74) is 0.471. The van der Waals surface area contributed by atoms with Gasteiger partial charge in [-0.1, -0.05) is 12.1 Å². The lowest BCUT2D eigenvalue weighted by atomic mass is 10.2. The molecule has 0 spiro atoms. The highest BCUT2D eigenvalue weighted by atomic mass is 16.5. The summed E-state index contributed by atoms with van der Waals surface area (Å²) in [4.78, 5) is 0. The largest absolute Gasteiger partial charge is 0.489 e. The zero-order valence-electron chi connectivity index (χ0n) is 11.1. The first kappa shape index (κ1) is 15.4. The molecule has 0 fully saturated rings. The van der Waals surface area contributed by atoms with Crippen LogP contribution in [0.2, 0.25) is 0 Å². The first-order valence-electron chi connectivity index (χ1n) is 6.36. The number of hydrogen-bond donors (Lipinski definition) is 2. The molecule has 19 heavy (non-hydrogen) atoms. The summed E-state index contributed by atoms with van der Waals surface area (Å²) in [6.07, 6.45) is -0.617. The van der Waals surface area contributed by atoms with Crippen LogP contribution in [0.15, 0.2) is 24.3 Å². The number of aliphatic hydroxyl groups is 1. The summed E-state index contributed by atoms with van der Waals surface area (Å²) in [6.45, 7) is 4.54. The smallest absolute Gasteiger partial charge is 0.137 e. The van der Waals surface area contributed by atoms with Crippen molar-refractivity contribution in [2.24, 2.45) is 0 Å². The third-order valence-electron chi connectivity index (χ3n) is 2.45. The lowest BCUT2D eigenvalue weighted by molar-refractivity contribution is 0.100. The monoisotopic (exact) mass is 264 g/mol. The predicted molar refractivity (Wildman–Crippen MR) is 72.0 cm³/mol. The standard InChI is InChI=1S/C14H20N2O3/c1-2-18-8-7-16-10-13(17)11-19-14-6-4-3-5-12(14)9-15/h3-6,13,16-17H,2,7-8,10-11H2,1H3. The third kappa shape index (κ3) is 6.20. The normalized spacial score (nSPS) is 11.8. The minimum atomic E-state index is -0.617. The maximum Gasteiger partial charge on any atom is 0.137 e. The second-order valence-corrected chi connectivity index (χ2v) is 3.97. The molecular weight excluding hydrogens is 244 g/mol. The van der Waals surface area contributed by atoms with Crippen LogP contribution in [0.1, 0.15) is 12.5 Å². The molecule has 0 bridgehead atoms. The van der Waals surface area contributed by atoms with E-state index < -0.39 is 6.10 Å². The Balaban J connectivity index is 2.23. The molecule has 0 heterocycles. The number of nitrogens with one attached hydrogen (secondary N) is 1. The van der Waals surface area contributed by atoms with E-state index in [1.807, 2.05) is 13.0 Å². The minimum Gasteiger partial charge on any atom is -0.489 e. The molecular formula is C14H20N2O3. The number of ether oxygens (including phenoxy) is 2. The van der Waals surface area contributed by atoms with E-state index in [0.717, 1.165) is 0 Å². The van der Waals surface area contributed by atoms with Gasteiger partial charge < -0.3 is 19.9 Å². The number of benzene rings is 1. The van der Waals surface area contributed by atoms with Gasteiger partial charge in [0.05, 0.1) is 12.2 Å². The van der Waals surface area contributed by atoms with E-state index in [0.29, 0.717) is 37.6 Å². The predicted octanol–water partition coefficient (Wildman–Crippen LogP) is 0.924. The van der Waals surface area contributed by atoms with E-state index >= 15 is 0 Å². The molecule has 0 aromatic heterocycles. The summed E-state index contributed by atoms with van der Waals surface area (Å²) >= 11 is 0. The first-order valence-corrected chi connectivity index (χ1v) is 6.36. The molecule has 0 aliphatic carbocycles. The van der Waals surface area contributed by atoms with Crippen LogP contribution in [0, 0.1) is 11.3 Å². The van der Waals surface area contributed by atoms with E-state index in [1.54, 1.807) is 24.3 Å². The summed E-state index contributed by atoms with van der Waals surface area (Å²) in [5.74, 6) is 0.498. The van der Waals surface area contributed by atoms with E-state index in [9.17, 15) is 5.11 Å². The molecule has 0 aliphatic rings. The van der Waals surface area contributed by atoms with Crippen LogP contribution in [0.3, 0.4) is 0 Å². The highest BCUT2D eigenvalue weighted by molar-refractivity contribution is 5.42. The average Bonchev–Trinajstić information content (AvgIpc) is 2.45. The Morgan fingerprint density at radius 2 is 2.21 bits per heavy atom. The maximum atomic E-state index is 9.72. The van der Waals surface area contributed by atoms with Gasteiger partial charge in [0.15, 0.2) is 0 Å². The molecule has 1 rings (SSSR count). The molecule has 5 heteroatoms.